The Hall–Kier alpha value is -0.580. The van der Waals surface area contributed by atoms with Crippen molar-refractivity contribution in [2.24, 2.45) is 0 Å². The summed E-state index contributed by atoms with van der Waals surface area (Å²) >= 11 is 6.60. The minimum atomic E-state index is -0.931. The number of allylic oxidation sites excluding steroid dienone is 2. The summed E-state index contributed by atoms with van der Waals surface area (Å²) in [6.07, 6.45) is 6.04. The zero-order chi connectivity index (χ0) is 11.8. The van der Waals surface area contributed by atoms with Crippen molar-refractivity contribution in [3.8, 4) is 5.75 Å². The third-order valence-corrected chi connectivity index (χ3v) is 3.63. The first-order chi connectivity index (χ1) is 7.48. The van der Waals surface area contributed by atoms with E-state index in [9.17, 15) is 10.2 Å². The van der Waals surface area contributed by atoms with Crippen LogP contribution in [0.2, 0.25) is 0 Å². The van der Waals surface area contributed by atoms with Gasteiger partial charge in [0, 0.05) is 10.9 Å². The fourth-order valence-corrected chi connectivity index (χ4v) is 2.43. The second-order valence-electron chi connectivity index (χ2n) is 3.68. The minimum Gasteiger partial charge on any atom is -0.508 e. The first kappa shape index (κ1) is 11.9. The summed E-state index contributed by atoms with van der Waals surface area (Å²) in [5, 5.41) is 19.0. The summed E-state index contributed by atoms with van der Waals surface area (Å²) in [6.45, 7) is 0. The first-order valence-corrected chi connectivity index (χ1v) is 6.36. The summed E-state index contributed by atoms with van der Waals surface area (Å²) in [7, 11) is 0. The maximum Gasteiger partial charge on any atom is 0.141 e. The normalized spacial score (nSPS) is 24.3. The fourth-order valence-electron chi connectivity index (χ4n) is 1.54. The highest BCUT2D eigenvalue weighted by molar-refractivity contribution is 9.10. The highest BCUT2D eigenvalue weighted by Crippen LogP contribution is 2.34. The molecule has 1 atom stereocenters. The van der Waals surface area contributed by atoms with Crippen LogP contribution in [-0.2, 0) is 0 Å². The highest BCUT2D eigenvalue weighted by atomic mass is 79.9. The molecule has 1 aromatic rings. The maximum atomic E-state index is 9.69. The van der Waals surface area contributed by atoms with Crippen molar-refractivity contribution in [3.05, 3.63) is 46.5 Å². The monoisotopic (exact) mass is 344 g/mol. The number of halogens is 2. The zero-order valence-electron chi connectivity index (χ0n) is 8.32. The van der Waals surface area contributed by atoms with E-state index in [-0.39, 0.29) is 5.75 Å². The van der Waals surface area contributed by atoms with E-state index in [1.807, 2.05) is 18.2 Å². The van der Waals surface area contributed by atoms with Crippen LogP contribution in [0.3, 0.4) is 0 Å². The molecule has 0 fully saturated rings. The number of hydrogen-bond acceptors (Lipinski definition) is 2. The molecule has 84 valence electrons. The lowest BCUT2D eigenvalue weighted by Gasteiger charge is -2.20. The number of benzene rings is 1. The number of alkyl halides is 1. The molecule has 0 radical (unpaired) electrons. The first-order valence-electron chi connectivity index (χ1n) is 4.77. The Kier molecular flexibility index (Phi) is 3.24. The second-order valence-corrected chi connectivity index (χ2v) is 5.91. The summed E-state index contributed by atoms with van der Waals surface area (Å²) in [5.41, 5.74) is 2.02. The van der Waals surface area contributed by atoms with Gasteiger partial charge in [0.05, 0.1) is 0 Å². The molecule has 0 bridgehead atoms. The van der Waals surface area contributed by atoms with Crippen LogP contribution >= 0.6 is 31.9 Å². The van der Waals surface area contributed by atoms with Gasteiger partial charge in [0.1, 0.15) is 10.3 Å². The van der Waals surface area contributed by atoms with Gasteiger partial charge in [0.15, 0.2) is 0 Å². The molecule has 0 spiro atoms. The van der Waals surface area contributed by atoms with Crippen molar-refractivity contribution in [3.63, 3.8) is 0 Å². The van der Waals surface area contributed by atoms with Gasteiger partial charge in [0.25, 0.3) is 0 Å². The van der Waals surface area contributed by atoms with E-state index in [2.05, 4.69) is 31.9 Å². The van der Waals surface area contributed by atoms with Gasteiger partial charge in [0.2, 0.25) is 0 Å². The molecule has 16 heavy (non-hydrogen) atoms. The van der Waals surface area contributed by atoms with Crippen molar-refractivity contribution in [2.45, 2.75) is 10.9 Å². The van der Waals surface area contributed by atoms with E-state index in [0.717, 1.165) is 15.6 Å². The maximum absolute atomic E-state index is 9.69. The summed E-state index contributed by atoms with van der Waals surface area (Å²) < 4.78 is -0.0942. The molecule has 0 aliphatic heterocycles. The number of aliphatic hydroxyl groups is 1. The molecule has 0 saturated carbocycles. The smallest absolute Gasteiger partial charge is 0.141 e. The summed E-state index contributed by atoms with van der Waals surface area (Å²) in [5.74, 6) is 0.230. The SMILES string of the molecule is Oc1ccc(C2=CCC(O)(Br)C=C2)c(Br)c1. The van der Waals surface area contributed by atoms with Gasteiger partial charge in [-0.05, 0) is 51.3 Å². The molecule has 2 rings (SSSR count). The van der Waals surface area contributed by atoms with Crippen molar-refractivity contribution in [1.29, 1.82) is 0 Å². The molecular formula is C12H10Br2O2. The van der Waals surface area contributed by atoms with Crippen LogP contribution in [0.25, 0.3) is 5.57 Å². The number of rotatable bonds is 1. The molecule has 4 heteroatoms. The Morgan fingerprint density at radius 2 is 2.06 bits per heavy atom. The average molecular weight is 346 g/mol. The molecular weight excluding hydrogens is 336 g/mol. The van der Waals surface area contributed by atoms with Gasteiger partial charge in [-0.15, -0.1) is 0 Å². The molecule has 1 aliphatic rings. The van der Waals surface area contributed by atoms with E-state index in [1.165, 1.54) is 0 Å². The van der Waals surface area contributed by atoms with E-state index in [4.69, 9.17) is 0 Å². The van der Waals surface area contributed by atoms with Crippen LogP contribution in [0, 0.1) is 0 Å². The van der Waals surface area contributed by atoms with E-state index in [1.54, 1.807) is 18.2 Å². The molecule has 2 nitrogen and oxygen atoms in total. The van der Waals surface area contributed by atoms with Crippen molar-refractivity contribution in [2.75, 3.05) is 0 Å². The number of hydrogen-bond donors (Lipinski definition) is 2. The van der Waals surface area contributed by atoms with Gasteiger partial charge < -0.3 is 10.2 Å². The van der Waals surface area contributed by atoms with Gasteiger partial charge in [-0.2, -0.15) is 0 Å². The lowest BCUT2D eigenvalue weighted by atomic mass is 9.98. The van der Waals surface area contributed by atoms with E-state index in [0.29, 0.717) is 6.42 Å². The van der Waals surface area contributed by atoms with Crippen molar-refractivity contribution < 1.29 is 10.2 Å². The Labute approximate surface area is 111 Å². The van der Waals surface area contributed by atoms with Crippen LogP contribution in [0.5, 0.6) is 5.75 Å². The van der Waals surface area contributed by atoms with Gasteiger partial charge in [-0.25, -0.2) is 0 Å². The lowest BCUT2D eigenvalue weighted by Crippen LogP contribution is -2.17. The largest absolute Gasteiger partial charge is 0.508 e. The molecule has 2 N–H and O–H groups in total. The standard InChI is InChI=1S/C12H10Br2O2/c13-11-7-9(15)1-2-10(11)8-3-5-12(14,16)6-4-8/h1-5,7,15-16H,6H2. The van der Waals surface area contributed by atoms with E-state index >= 15 is 0 Å². The van der Waals surface area contributed by atoms with Gasteiger partial charge in [-0.3, -0.25) is 0 Å². The molecule has 1 unspecified atom stereocenters. The Morgan fingerprint density at radius 3 is 2.62 bits per heavy atom. The van der Waals surface area contributed by atoms with Crippen LogP contribution in [0.1, 0.15) is 12.0 Å². The quantitative estimate of drug-likeness (QED) is 0.764. The number of phenolic OH excluding ortho intramolecular Hbond substituents is 1. The minimum absolute atomic E-state index is 0.230. The summed E-state index contributed by atoms with van der Waals surface area (Å²) in [4.78, 5) is 0. The van der Waals surface area contributed by atoms with E-state index < -0.39 is 4.51 Å². The second kappa shape index (κ2) is 4.35. The third-order valence-electron chi connectivity index (χ3n) is 2.39. The molecule has 1 aliphatic carbocycles. The lowest BCUT2D eigenvalue weighted by molar-refractivity contribution is 0.198. The topological polar surface area (TPSA) is 40.5 Å². The number of aromatic hydroxyl groups is 1. The highest BCUT2D eigenvalue weighted by Gasteiger charge is 2.21. The van der Waals surface area contributed by atoms with Crippen molar-refractivity contribution in [1.82, 2.24) is 0 Å². The molecule has 0 amide bonds. The zero-order valence-corrected chi connectivity index (χ0v) is 11.5. The van der Waals surface area contributed by atoms with Crippen molar-refractivity contribution >= 4 is 37.4 Å². The van der Waals surface area contributed by atoms with Crippen LogP contribution < -0.4 is 0 Å². The fraction of sp³-hybridized carbons (Fsp3) is 0.167. The number of phenols is 1. The Balaban J connectivity index is 2.34. The predicted octanol–water partition coefficient (Wildman–Crippen LogP) is 3.58. The summed E-state index contributed by atoms with van der Waals surface area (Å²) in [6, 6.07) is 5.14. The Morgan fingerprint density at radius 1 is 1.31 bits per heavy atom. The molecule has 1 aromatic carbocycles. The van der Waals surface area contributed by atoms with Gasteiger partial charge >= 0.3 is 0 Å². The average Bonchev–Trinajstić information content (AvgIpc) is 2.19. The predicted molar refractivity (Wildman–Crippen MR) is 71.4 cm³/mol. The Bertz CT molecular complexity index is 476. The molecule has 0 saturated heterocycles. The van der Waals surface area contributed by atoms with Crippen LogP contribution in [0.4, 0.5) is 0 Å². The van der Waals surface area contributed by atoms with Crippen LogP contribution in [0.15, 0.2) is 40.9 Å². The van der Waals surface area contributed by atoms with Crippen LogP contribution in [-0.4, -0.2) is 14.7 Å². The molecule has 0 heterocycles. The third kappa shape index (κ3) is 2.56. The van der Waals surface area contributed by atoms with Gasteiger partial charge in [-0.1, -0.05) is 28.1 Å². The molecule has 0 aromatic heterocycles.